The third-order valence-electron chi connectivity index (χ3n) is 3.59. The van der Waals surface area contributed by atoms with Crippen molar-refractivity contribution in [1.82, 2.24) is 9.55 Å². The van der Waals surface area contributed by atoms with Crippen LogP contribution in [0.2, 0.25) is 5.02 Å². The molecule has 0 spiro atoms. The van der Waals surface area contributed by atoms with Gasteiger partial charge in [-0.05, 0) is 31.0 Å². The first-order valence-corrected chi connectivity index (χ1v) is 7.24. The fourth-order valence-corrected chi connectivity index (χ4v) is 2.68. The van der Waals surface area contributed by atoms with Crippen LogP contribution in [-0.4, -0.2) is 9.55 Å². The highest BCUT2D eigenvalue weighted by molar-refractivity contribution is 6.34. The summed E-state index contributed by atoms with van der Waals surface area (Å²) in [7, 11) is 0. The fourth-order valence-electron chi connectivity index (χ4n) is 2.46. The van der Waals surface area contributed by atoms with Gasteiger partial charge in [-0.25, -0.2) is 4.98 Å². The number of benzene rings is 2. The second-order valence-electron chi connectivity index (χ2n) is 4.99. The van der Waals surface area contributed by atoms with Crippen LogP contribution in [0.25, 0.3) is 10.9 Å². The maximum Gasteiger partial charge on any atom is 0.261 e. The van der Waals surface area contributed by atoms with E-state index in [9.17, 15) is 4.79 Å². The quantitative estimate of drug-likeness (QED) is 0.740. The van der Waals surface area contributed by atoms with E-state index >= 15 is 0 Å². The lowest BCUT2D eigenvalue weighted by Crippen LogP contribution is -2.25. The Morgan fingerprint density at radius 2 is 1.86 bits per heavy atom. The number of aryl methyl sites for hydroxylation is 2. The molecule has 0 aliphatic carbocycles. The lowest BCUT2D eigenvalue weighted by Gasteiger charge is -2.11. The van der Waals surface area contributed by atoms with Crippen LogP contribution in [0.1, 0.15) is 11.4 Å². The van der Waals surface area contributed by atoms with Crippen LogP contribution in [0.15, 0.2) is 53.3 Å². The van der Waals surface area contributed by atoms with E-state index < -0.39 is 0 Å². The van der Waals surface area contributed by atoms with Gasteiger partial charge in [-0.15, -0.1) is 0 Å². The molecule has 0 bridgehead atoms. The summed E-state index contributed by atoms with van der Waals surface area (Å²) in [5.41, 5.74) is 1.75. The van der Waals surface area contributed by atoms with Crippen LogP contribution in [0.4, 0.5) is 0 Å². The molecule has 0 aliphatic rings. The highest BCUT2D eigenvalue weighted by Gasteiger charge is 2.10. The Labute approximate surface area is 127 Å². The summed E-state index contributed by atoms with van der Waals surface area (Å²) in [4.78, 5) is 17.1. The molecule has 0 fully saturated rings. The van der Waals surface area contributed by atoms with Crippen molar-refractivity contribution in [3.63, 3.8) is 0 Å². The molecule has 0 radical (unpaired) electrons. The van der Waals surface area contributed by atoms with Crippen LogP contribution in [-0.2, 0) is 13.0 Å². The molecule has 1 aromatic heterocycles. The first kappa shape index (κ1) is 13.8. The standard InChI is InChI=1S/C17H15ClN2O/c1-12-19-16-14(8-5-9-15(16)18)17(21)20(12)11-10-13-6-3-2-4-7-13/h2-9H,10-11H2,1H3. The number of hydrogen-bond acceptors (Lipinski definition) is 2. The van der Waals surface area contributed by atoms with E-state index in [0.29, 0.717) is 28.3 Å². The van der Waals surface area contributed by atoms with Crippen molar-refractivity contribution in [2.75, 3.05) is 0 Å². The molecule has 0 aliphatic heterocycles. The van der Waals surface area contributed by atoms with Gasteiger partial charge in [0.15, 0.2) is 0 Å². The van der Waals surface area contributed by atoms with Gasteiger partial charge in [-0.1, -0.05) is 48.0 Å². The third-order valence-corrected chi connectivity index (χ3v) is 3.90. The smallest absolute Gasteiger partial charge is 0.261 e. The molecule has 0 amide bonds. The van der Waals surface area contributed by atoms with Crippen molar-refractivity contribution in [3.8, 4) is 0 Å². The molecule has 1 heterocycles. The number of nitrogens with zero attached hydrogens (tertiary/aromatic N) is 2. The largest absolute Gasteiger partial charge is 0.296 e. The molecule has 2 aromatic carbocycles. The number of para-hydroxylation sites is 1. The molecule has 21 heavy (non-hydrogen) atoms. The van der Waals surface area contributed by atoms with Crippen LogP contribution < -0.4 is 5.56 Å². The molecular weight excluding hydrogens is 284 g/mol. The second-order valence-corrected chi connectivity index (χ2v) is 5.39. The lowest BCUT2D eigenvalue weighted by atomic mass is 10.1. The number of hydrogen-bond donors (Lipinski definition) is 0. The Balaban J connectivity index is 2.01. The van der Waals surface area contributed by atoms with E-state index in [1.807, 2.05) is 25.1 Å². The molecule has 0 N–H and O–H groups in total. The van der Waals surface area contributed by atoms with Gasteiger partial charge in [0, 0.05) is 6.54 Å². The second kappa shape index (κ2) is 5.70. The minimum Gasteiger partial charge on any atom is -0.296 e. The number of halogens is 1. The van der Waals surface area contributed by atoms with E-state index in [0.717, 1.165) is 6.42 Å². The fraction of sp³-hybridized carbons (Fsp3) is 0.176. The topological polar surface area (TPSA) is 34.9 Å². The highest BCUT2D eigenvalue weighted by Crippen LogP contribution is 2.19. The van der Waals surface area contributed by atoms with Crippen molar-refractivity contribution in [2.45, 2.75) is 19.9 Å². The summed E-state index contributed by atoms with van der Waals surface area (Å²) >= 11 is 6.12. The molecule has 3 nitrogen and oxygen atoms in total. The first-order valence-electron chi connectivity index (χ1n) is 6.86. The number of aromatic nitrogens is 2. The van der Waals surface area contributed by atoms with Gasteiger partial charge < -0.3 is 0 Å². The average molecular weight is 299 g/mol. The molecule has 0 atom stereocenters. The number of fused-ring (bicyclic) bond motifs is 1. The maximum atomic E-state index is 12.6. The van der Waals surface area contributed by atoms with Gasteiger partial charge in [-0.3, -0.25) is 9.36 Å². The van der Waals surface area contributed by atoms with Gasteiger partial charge in [0.1, 0.15) is 5.82 Å². The van der Waals surface area contributed by atoms with Crippen molar-refractivity contribution < 1.29 is 0 Å². The average Bonchev–Trinajstić information content (AvgIpc) is 2.49. The van der Waals surface area contributed by atoms with Gasteiger partial charge in [0.05, 0.1) is 15.9 Å². The van der Waals surface area contributed by atoms with Crippen molar-refractivity contribution in [1.29, 1.82) is 0 Å². The van der Waals surface area contributed by atoms with E-state index in [1.165, 1.54) is 5.56 Å². The molecule has 0 saturated heterocycles. The molecule has 4 heteroatoms. The zero-order valence-corrected chi connectivity index (χ0v) is 12.5. The zero-order chi connectivity index (χ0) is 14.8. The van der Waals surface area contributed by atoms with E-state index in [1.54, 1.807) is 22.8 Å². The molecule has 3 rings (SSSR count). The van der Waals surface area contributed by atoms with Gasteiger partial charge >= 0.3 is 0 Å². The first-order chi connectivity index (χ1) is 10.2. The van der Waals surface area contributed by atoms with Gasteiger partial charge in [0.2, 0.25) is 0 Å². The monoisotopic (exact) mass is 298 g/mol. The minimum atomic E-state index is -0.0315. The molecule has 0 saturated carbocycles. The van der Waals surface area contributed by atoms with Crippen LogP contribution in [0, 0.1) is 6.92 Å². The van der Waals surface area contributed by atoms with Crippen molar-refractivity contribution in [2.24, 2.45) is 0 Å². The predicted molar refractivity (Wildman–Crippen MR) is 85.9 cm³/mol. The van der Waals surface area contributed by atoms with Crippen LogP contribution in [0.3, 0.4) is 0 Å². The van der Waals surface area contributed by atoms with Gasteiger partial charge in [-0.2, -0.15) is 0 Å². The summed E-state index contributed by atoms with van der Waals surface area (Å²) in [6, 6.07) is 15.4. The maximum absolute atomic E-state index is 12.6. The molecule has 106 valence electrons. The van der Waals surface area contributed by atoms with Gasteiger partial charge in [0.25, 0.3) is 5.56 Å². The van der Waals surface area contributed by atoms with E-state index in [2.05, 4.69) is 17.1 Å². The molecule has 0 unspecified atom stereocenters. The summed E-state index contributed by atoms with van der Waals surface area (Å²) in [5.74, 6) is 0.691. The summed E-state index contributed by atoms with van der Waals surface area (Å²) in [5, 5.41) is 1.09. The minimum absolute atomic E-state index is 0.0315. The summed E-state index contributed by atoms with van der Waals surface area (Å²) in [6.45, 7) is 2.46. The Morgan fingerprint density at radius 3 is 2.62 bits per heavy atom. The molecule has 3 aromatic rings. The predicted octanol–water partition coefficient (Wildman–Crippen LogP) is 3.60. The highest BCUT2D eigenvalue weighted by atomic mass is 35.5. The summed E-state index contributed by atoms with van der Waals surface area (Å²) < 4.78 is 1.71. The lowest BCUT2D eigenvalue weighted by molar-refractivity contribution is 0.638. The normalized spacial score (nSPS) is 11.0. The Kier molecular flexibility index (Phi) is 3.76. The third kappa shape index (κ3) is 2.69. The van der Waals surface area contributed by atoms with Crippen LogP contribution >= 0.6 is 11.6 Å². The van der Waals surface area contributed by atoms with Crippen molar-refractivity contribution >= 4 is 22.5 Å². The Bertz CT molecular complexity index is 841. The van der Waals surface area contributed by atoms with E-state index in [4.69, 9.17) is 11.6 Å². The SMILES string of the molecule is Cc1nc2c(Cl)cccc2c(=O)n1CCc1ccccc1. The Hall–Kier alpha value is -2.13. The Morgan fingerprint density at radius 1 is 1.10 bits per heavy atom. The molecular formula is C17H15ClN2O. The zero-order valence-electron chi connectivity index (χ0n) is 11.7. The summed E-state index contributed by atoms with van der Waals surface area (Å²) in [6.07, 6.45) is 0.801. The van der Waals surface area contributed by atoms with E-state index in [-0.39, 0.29) is 5.56 Å². The van der Waals surface area contributed by atoms with Crippen molar-refractivity contribution in [3.05, 3.63) is 75.3 Å². The van der Waals surface area contributed by atoms with Crippen LogP contribution in [0.5, 0.6) is 0 Å². The number of rotatable bonds is 3.